The molecule has 6 heteroatoms. The molecule has 0 amide bonds. The first kappa shape index (κ1) is 12.7. The zero-order chi connectivity index (χ0) is 13.3. The second-order valence-electron chi connectivity index (χ2n) is 3.73. The average molecular weight is 269 g/mol. The summed E-state index contributed by atoms with van der Waals surface area (Å²) in [6.45, 7) is 4.41. The van der Waals surface area contributed by atoms with E-state index in [9.17, 15) is 4.79 Å². The fourth-order valence-electron chi connectivity index (χ4n) is 1.79. The highest BCUT2D eigenvalue weighted by molar-refractivity contribution is 6.33. The summed E-state index contributed by atoms with van der Waals surface area (Å²) in [6, 6.07) is 1.62. The van der Waals surface area contributed by atoms with Gasteiger partial charge in [-0.05, 0) is 13.8 Å². The van der Waals surface area contributed by atoms with E-state index in [1.54, 1.807) is 23.9 Å². The van der Waals surface area contributed by atoms with Crippen molar-refractivity contribution in [1.29, 1.82) is 0 Å². The van der Waals surface area contributed by atoms with Crippen molar-refractivity contribution < 1.29 is 13.9 Å². The van der Waals surface area contributed by atoms with Crippen molar-refractivity contribution in [3.63, 3.8) is 0 Å². The number of hydrogen-bond donors (Lipinski definition) is 0. The number of carbonyl (C=O) groups excluding carboxylic acids is 1. The van der Waals surface area contributed by atoms with Gasteiger partial charge in [0.1, 0.15) is 5.76 Å². The Kier molecular flexibility index (Phi) is 3.43. The Morgan fingerprint density at radius 2 is 2.33 bits per heavy atom. The number of aromatic nitrogens is 2. The average Bonchev–Trinajstić information content (AvgIpc) is 2.91. The van der Waals surface area contributed by atoms with Crippen LogP contribution < -0.4 is 0 Å². The van der Waals surface area contributed by atoms with Gasteiger partial charge in [0.2, 0.25) is 5.76 Å². The molecular formula is C12H13ClN2O3. The molecule has 0 atom stereocenters. The molecule has 0 aromatic carbocycles. The summed E-state index contributed by atoms with van der Waals surface area (Å²) in [5.74, 6) is 0.250. The Balaban J connectivity index is 2.54. The molecular weight excluding hydrogens is 256 g/mol. The lowest BCUT2D eigenvalue weighted by molar-refractivity contribution is 0.0563. The predicted molar refractivity (Wildman–Crippen MR) is 66.7 cm³/mol. The van der Waals surface area contributed by atoms with Gasteiger partial charge in [-0.15, -0.1) is 0 Å². The van der Waals surface area contributed by atoms with Crippen molar-refractivity contribution in [3.8, 4) is 11.3 Å². The fraction of sp³-hybridized carbons (Fsp3) is 0.333. The highest BCUT2D eigenvalue weighted by Gasteiger charge is 2.20. The Labute approximate surface area is 109 Å². The maximum Gasteiger partial charge on any atom is 0.373 e. The summed E-state index contributed by atoms with van der Waals surface area (Å²) < 4.78 is 11.7. The molecule has 0 spiro atoms. The van der Waals surface area contributed by atoms with Crippen molar-refractivity contribution in [2.45, 2.75) is 20.4 Å². The summed E-state index contributed by atoms with van der Waals surface area (Å²) in [4.78, 5) is 11.4. The number of ether oxygens (including phenoxy) is 1. The van der Waals surface area contributed by atoms with E-state index >= 15 is 0 Å². The van der Waals surface area contributed by atoms with Crippen molar-refractivity contribution in [1.82, 2.24) is 9.78 Å². The summed E-state index contributed by atoms with van der Waals surface area (Å²) in [5.41, 5.74) is 1.50. The van der Waals surface area contributed by atoms with Gasteiger partial charge in [-0.3, -0.25) is 4.68 Å². The molecule has 18 heavy (non-hydrogen) atoms. The third kappa shape index (κ3) is 2.01. The van der Waals surface area contributed by atoms with E-state index in [1.165, 1.54) is 7.11 Å². The number of carbonyl (C=O) groups is 1. The quantitative estimate of drug-likeness (QED) is 0.803. The zero-order valence-corrected chi connectivity index (χ0v) is 11.1. The minimum absolute atomic E-state index is 0.157. The van der Waals surface area contributed by atoms with Crippen LogP contribution in [0.15, 0.2) is 16.7 Å². The number of hydrogen-bond acceptors (Lipinski definition) is 4. The molecule has 0 fully saturated rings. The normalized spacial score (nSPS) is 10.7. The van der Waals surface area contributed by atoms with Crippen LogP contribution in [0.25, 0.3) is 11.3 Å². The first-order chi connectivity index (χ1) is 8.58. The van der Waals surface area contributed by atoms with Crippen LogP contribution in [-0.4, -0.2) is 22.9 Å². The lowest BCUT2D eigenvalue weighted by Gasteiger charge is -2.03. The Morgan fingerprint density at radius 3 is 2.94 bits per heavy atom. The Hall–Kier alpha value is -1.75. The van der Waals surface area contributed by atoms with Gasteiger partial charge in [-0.25, -0.2) is 4.79 Å². The smallest absolute Gasteiger partial charge is 0.373 e. The van der Waals surface area contributed by atoms with Gasteiger partial charge >= 0.3 is 5.97 Å². The third-order valence-electron chi connectivity index (χ3n) is 2.65. The monoisotopic (exact) mass is 268 g/mol. The van der Waals surface area contributed by atoms with Gasteiger partial charge in [-0.1, -0.05) is 11.6 Å². The van der Waals surface area contributed by atoms with Gasteiger partial charge in [-0.2, -0.15) is 5.10 Å². The van der Waals surface area contributed by atoms with E-state index in [1.807, 2.05) is 6.92 Å². The van der Waals surface area contributed by atoms with Crippen molar-refractivity contribution in [3.05, 3.63) is 28.8 Å². The fourth-order valence-corrected chi connectivity index (χ4v) is 2.03. The molecule has 2 heterocycles. The van der Waals surface area contributed by atoms with Gasteiger partial charge in [0.25, 0.3) is 0 Å². The highest BCUT2D eigenvalue weighted by Crippen LogP contribution is 2.32. The number of halogens is 1. The van der Waals surface area contributed by atoms with Crippen LogP contribution in [0.5, 0.6) is 0 Å². The maximum atomic E-state index is 11.4. The van der Waals surface area contributed by atoms with Crippen LogP contribution in [0, 0.1) is 6.92 Å². The number of furan rings is 1. The van der Waals surface area contributed by atoms with Crippen LogP contribution in [0.4, 0.5) is 0 Å². The summed E-state index contributed by atoms with van der Waals surface area (Å²) in [7, 11) is 1.31. The second kappa shape index (κ2) is 4.86. The van der Waals surface area contributed by atoms with E-state index < -0.39 is 5.97 Å². The first-order valence-electron chi connectivity index (χ1n) is 5.48. The summed E-state index contributed by atoms with van der Waals surface area (Å²) in [5, 5.41) is 4.68. The number of aryl methyl sites for hydroxylation is 2. The second-order valence-corrected chi connectivity index (χ2v) is 4.14. The molecule has 0 unspecified atom stereocenters. The standard InChI is InChI=1S/C12H13ClN2O3/c1-4-15-11(9(13)6-14-15)8-5-10(12(16)17-3)18-7(8)2/h5-6H,4H2,1-3H3. The summed E-state index contributed by atoms with van der Waals surface area (Å²) in [6.07, 6.45) is 1.57. The van der Waals surface area contributed by atoms with Crippen LogP contribution >= 0.6 is 11.6 Å². The zero-order valence-electron chi connectivity index (χ0n) is 10.4. The molecule has 2 aromatic heterocycles. The number of rotatable bonds is 3. The minimum atomic E-state index is -0.511. The molecule has 0 saturated carbocycles. The number of esters is 1. The SMILES string of the molecule is CCn1ncc(Cl)c1-c1cc(C(=O)OC)oc1C. The molecule has 2 rings (SSSR count). The Bertz CT molecular complexity index is 586. The summed E-state index contributed by atoms with van der Waals surface area (Å²) >= 11 is 6.11. The van der Waals surface area contributed by atoms with E-state index in [0.29, 0.717) is 17.3 Å². The van der Waals surface area contributed by atoms with Crippen molar-refractivity contribution >= 4 is 17.6 Å². The Morgan fingerprint density at radius 1 is 1.61 bits per heavy atom. The molecule has 0 radical (unpaired) electrons. The van der Waals surface area contributed by atoms with E-state index in [-0.39, 0.29) is 5.76 Å². The van der Waals surface area contributed by atoms with Crippen molar-refractivity contribution in [2.75, 3.05) is 7.11 Å². The lowest BCUT2D eigenvalue weighted by Crippen LogP contribution is -1.99. The first-order valence-corrected chi connectivity index (χ1v) is 5.86. The molecule has 0 saturated heterocycles. The molecule has 0 aliphatic heterocycles. The molecule has 0 aliphatic carbocycles. The van der Waals surface area contributed by atoms with Crippen LogP contribution in [0.2, 0.25) is 5.02 Å². The van der Waals surface area contributed by atoms with Gasteiger partial charge in [0.05, 0.1) is 24.0 Å². The lowest BCUT2D eigenvalue weighted by atomic mass is 10.2. The molecule has 2 aromatic rings. The van der Waals surface area contributed by atoms with E-state index in [0.717, 1.165) is 11.3 Å². The third-order valence-corrected chi connectivity index (χ3v) is 2.93. The van der Waals surface area contributed by atoms with Gasteiger partial charge in [0.15, 0.2) is 0 Å². The van der Waals surface area contributed by atoms with Crippen molar-refractivity contribution in [2.24, 2.45) is 0 Å². The predicted octanol–water partition coefficient (Wildman–Crippen LogP) is 2.91. The molecule has 5 nitrogen and oxygen atoms in total. The maximum absolute atomic E-state index is 11.4. The topological polar surface area (TPSA) is 57.3 Å². The number of methoxy groups -OCH3 is 1. The van der Waals surface area contributed by atoms with Crippen LogP contribution in [0.3, 0.4) is 0 Å². The minimum Gasteiger partial charge on any atom is -0.463 e. The number of nitrogens with zero attached hydrogens (tertiary/aromatic N) is 2. The van der Waals surface area contributed by atoms with Gasteiger partial charge in [0, 0.05) is 18.2 Å². The van der Waals surface area contributed by atoms with E-state index in [4.69, 9.17) is 16.0 Å². The van der Waals surface area contributed by atoms with E-state index in [2.05, 4.69) is 9.84 Å². The highest BCUT2D eigenvalue weighted by atomic mass is 35.5. The molecule has 0 bridgehead atoms. The van der Waals surface area contributed by atoms with Gasteiger partial charge < -0.3 is 9.15 Å². The molecule has 0 aliphatic rings. The van der Waals surface area contributed by atoms with Crippen LogP contribution in [0.1, 0.15) is 23.2 Å². The molecule has 0 N–H and O–H groups in total. The van der Waals surface area contributed by atoms with Crippen LogP contribution in [-0.2, 0) is 11.3 Å². The largest absolute Gasteiger partial charge is 0.463 e. The molecule has 96 valence electrons.